The first-order chi connectivity index (χ1) is 27.8. The highest BCUT2D eigenvalue weighted by atomic mass is 127. The molecule has 0 spiro atoms. The minimum Gasteiger partial charge on any atom is -0.354 e. The zero-order valence-corrected chi connectivity index (χ0v) is 36.8. The minimum atomic E-state index is 0.908. The van der Waals surface area contributed by atoms with Crippen LogP contribution in [0.4, 0.5) is 0 Å². The number of hydrogen-bond acceptors (Lipinski definition) is 2. The van der Waals surface area contributed by atoms with E-state index in [-0.39, 0.29) is 0 Å². The van der Waals surface area contributed by atoms with Gasteiger partial charge in [0.2, 0.25) is 0 Å². The average Bonchev–Trinajstić information content (AvgIpc) is 3.99. The number of aromatic nitrogens is 4. The monoisotopic (exact) mass is 867 g/mol. The molecule has 58 heavy (non-hydrogen) atoms. The highest BCUT2D eigenvalue weighted by molar-refractivity contribution is 14.1. The molecular weight excluding hydrogens is 821 g/mol. The van der Waals surface area contributed by atoms with Crippen molar-refractivity contribution < 1.29 is 0 Å². The molecule has 9 rings (SSSR count). The van der Waals surface area contributed by atoms with E-state index in [1.54, 1.807) is 0 Å². The van der Waals surface area contributed by atoms with Crippen molar-refractivity contribution in [2.75, 3.05) is 0 Å². The first-order valence-corrected chi connectivity index (χ1v) is 21.1. The third-order valence-corrected chi connectivity index (χ3v) is 12.4. The van der Waals surface area contributed by atoms with Crippen molar-refractivity contribution in [1.29, 1.82) is 0 Å². The summed E-state index contributed by atoms with van der Waals surface area (Å²) in [5.41, 5.74) is 27.8. The second kappa shape index (κ2) is 14.5. The molecule has 5 heteroatoms. The van der Waals surface area contributed by atoms with Crippen molar-refractivity contribution in [3.63, 3.8) is 0 Å². The molecule has 5 heterocycles. The molecule has 286 valence electrons. The Morgan fingerprint density at radius 2 is 0.638 bits per heavy atom. The fourth-order valence-electron chi connectivity index (χ4n) is 9.64. The first-order valence-electron chi connectivity index (χ1n) is 20.0. The maximum absolute atomic E-state index is 5.59. The molecule has 0 amide bonds. The van der Waals surface area contributed by atoms with Gasteiger partial charge in [0.1, 0.15) is 0 Å². The number of rotatable bonds is 4. The van der Waals surface area contributed by atoms with Crippen molar-refractivity contribution in [3.8, 4) is 44.5 Å². The normalized spacial score (nSPS) is 12.2. The standard InChI is InChI=1S/C53H47IN4/c1-28-22-31(4)47(32(5)23-28)51-41-16-14-39(55-41)50(37-10-12-38(54)13-11-37)40-15-17-42(56-40)52(48-33(6)24-29(2)25-34(48)7)44-19-21-46(58-44)53(45-20-18-43(51)57-45)49-35(8)26-30(3)27-36(49)9/h10-27,55-56H,1-9H3/i50+1. The molecule has 7 aromatic rings. The van der Waals surface area contributed by atoms with Crippen molar-refractivity contribution in [2.24, 2.45) is 0 Å². The van der Waals surface area contributed by atoms with Gasteiger partial charge < -0.3 is 9.97 Å². The maximum Gasteiger partial charge on any atom is 0.0738 e. The zero-order chi connectivity index (χ0) is 40.6. The van der Waals surface area contributed by atoms with Crippen LogP contribution in [0.15, 0.2) is 84.9 Å². The molecule has 0 atom stereocenters. The van der Waals surface area contributed by atoms with Crippen LogP contribution in [0.3, 0.4) is 0 Å². The van der Waals surface area contributed by atoms with Gasteiger partial charge in [-0.25, -0.2) is 9.97 Å². The number of H-pyrrole nitrogens is 2. The molecule has 0 unspecified atom stereocenters. The summed E-state index contributed by atoms with van der Waals surface area (Å²) >= 11 is 2.39. The van der Waals surface area contributed by atoms with Crippen LogP contribution in [0.1, 0.15) is 72.8 Å². The summed E-state index contributed by atoms with van der Waals surface area (Å²) in [7, 11) is 0. The number of fused-ring (bicyclic) bond motifs is 8. The van der Waals surface area contributed by atoms with E-state index in [1.807, 2.05) is 0 Å². The van der Waals surface area contributed by atoms with Gasteiger partial charge in [-0.15, -0.1) is 0 Å². The van der Waals surface area contributed by atoms with Crippen molar-refractivity contribution in [2.45, 2.75) is 62.3 Å². The van der Waals surface area contributed by atoms with Gasteiger partial charge in [0.25, 0.3) is 0 Å². The molecule has 4 aromatic carbocycles. The van der Waals surface area contributed by atoms with E-state index in [0.717, 1.165) is 72.7 Å². The first kappa shape index (κ1) is 37.8. The second-order valence-corrected chi connectivity index (χ2v) is 17.6. The zero-order valence-electron chi connectivity index (χ0n) is 34.7. The van der Waals surface area contributed by atoms with E-state index in [9.17, 15) is 0 Å². The van der Waals surface area contributed by atoms with Gasteiger partial charge in [0.15, 0.2) is 0 Å². The molecule has 0 fully saturated rings. The van der Waals surface area contributed by atoms with Crippen LogP contribution >= 0.6 is 22.6 Å². The Hall–Kier alpha value is -5.79. The Morgan fingerprint density at radius 1 is 0.345 bits per heavy atom. The fourth-order valence-corrected chi connectivity index (χ4v) is 10.00. The van der Waals surface area contributed by atoms with Gasteiger partial charge >= 0.3 is 0 Å². The van der Waals surface area contributed by atoms with E-state index >= 15 is 0 Å². The number of aryl methyl sites for hydroxylation is 9. The molecule has 2 aliphatic rings. The van der Waals surface area contributed by atoms with E-state index in [1.165, 1.54) is 70.3 Å². The second-order valence-electron chi connectivity index (χ2n) is 16.3. The summed E-state index contributed by atoms with van der Waals surface area (Å²) in [4.78, 5) is 19.1. The molecule has 0 saturated carbocycles. The molecular formula is C53H47IN4. The summed E-state index contributed by atoms with van der Waals surface area (Å²) in [6.45, 7) is 19.8. The lowest BCUT2D eigenvalue weighted by Gasteiger charge is -2.14. The third-order valence-electron chi connectivity index (χ3n) is 11.7. The van der Waals surface area contributed by atoms with Crippen LogP contribution in [0, 0.1) is 65.9 Å². The Bertz CT molecular complexity index is 2870. The van der Waals surface area contributed by atoms with Gasteiger partial charge in [-0.05, 0) is 201 Å². The number of benzene rings is 4. The Balaban J connectivity index is 1.53. The summed E-state index contributed by atoms with van der Waals surface area (Å²) < 4.78 is 1.19. The van der Waals surface area contributed by atoms with E-state index in [0.29, 0.717) is 0 Å². The molecule has 0 saturated heterocycles. The quantitative estimate of drug-likeness (QED) is 0.173. The van der Waals surface area contributed by atoms with Crippen LogP contribution in [-0.4, -0.2) is 19.9 Å². The van der Waals surface area contributed by atoms with Crippen LogP contribution in [0.2, 0.25) is 0 Å². The number of halogens is 1. The SMILES string of the molecule is Cc1cc(C)c(-c2c3nc(c(-c4c(C)cc(C)cc4C)c4ccc([nH]4)[13c](-c4ccc(I)cc4)c4ccc([nH]4)c(-c4c(C)cc(C)cc4C)c4nc2C=C4)C=C3)c(C)c1. The van der Waals surface area contributed by atoms with Gasteiger partial charge in [0.05, 0.1) is 22.8 Å². The van der Waals surface area contributed by atoms with Crippen LogP contribution in [0.25, 0.3) is 90.9 Å². The summed E-state index contributed by atoms with van der Waals surface area (Å²) in [6.07, 6.45) is 8.78. The van der Waals surface area contributed by atoms with Gasteiger partial charge in [-0.3, -0.25) is 0 Å². The van der Waals surface area contributed by atoms with E-state index in [2.05, 4.69) is 204 Å². The predicted molar refractivity (Wildman–Crippen MR) is 256 cm³/mol. The van der Waals surface area contributed by atoms with Crippen molar-refractivity contribution in [1.82, 2.24) is 19.9 Å². The summed E-state index contributed by atoms with van der Waals surface area (Å²) in [5.74, 6) is 0. The average molecular weight is 868 g/mol. The topological polar surface area (TPSA) is 57.4 Å². The molecule has 2 N–H and O–H groups in total. The van der Waals surface area contributed by atoms with Gasteiger partial charge in [0, 0.05) is 47.9 Å². The molecule has 0 aliphatic carbocycles. The lowest BCUT2D eigenvalue weighted by atomic mass is 9.92. The number of nitrogens with one attached hydrogen (secondary N) is 2. The highest BCUT2D eigenvalue weighted by Crippen LogP contribution is 2.42. The number of aromatic amines is 2. The van der Waals surface area contributed by atoms with Gasteiger partial charge in [-0.2, -0.15) is 0 Å². The van der Waals surface area contributed by atoms with E-state index in [4.69, 9.17) is 9.97 Å². The number of nitrogens with zero attached hydrogens (tertiary/aromatic N) is 2. The number of hydrogen-bond donors (Lipinski definition) is 2. The van der Waals surface area contributed by atoms with Crippen molar-refractivity contribution >= 4 is 69.0 Å². The summed E-state index contributed by atoms with van der Waals surface area (Å²) in [5, 5.41) is 0. The smallest absolute Gasteiger partial charge is 0.0738 e. The van der Waals surface area contributed by atoms with Gasteiger partial charge in [-0.1, -0.05) is 65.2 Å². The Kier molecular flexibility index (Phi) is 9.47. The van der Waals surface area contributed by atoms with Crippen molar-refractivity contribution in [3.05, 3.63) is 161 Å². The van der Waals surface area contributed by atoms with E-state index < -0.39 is 0 Å². The highest BCUT2D eigenvalue weighted by Gasteiger charge is 2.23. The molecule has 8 bridgehead atoms. The largest absolute Gasteiger partial charge is 0.354 e. The molecule has 2 aliphatic heterocycles. The predicted octanol–water partition coefficient (Wildman–Crippen LogP) is 14.7. The lowest BCUT2D eigenvalue weighted by Crippen LogP contribution is -1.97. The Labute approximate surface area is 355 Å². The minimum absolute atomic E-state index is 0.908. The maximum atomic E-state index is 5.59. The Morgan fingerprint density at radius 3 is 0.983 bits per heavy atom. The fraction of sp³-hybridized carbons (Fsp3) is 0.170. The van der Waals surface area contributed by atoms with Crippen LogP contribution in [-0.2, 0) is 0 Å². The molecule has 3 aromatic heterocycles. The third kappa shape index (κ3) is 6.55. The van der Waals surface area contributed by atoms with Crippen LogP contribution in [0.5, 0.6) is 0 Å². The molecule has 4 nitrogen and oxygen atoms in total. The summed E-state index contributed by atoms with van der Waals surface area (Å²) in [6, 6.07) is 31.4. The lowest BCUT2D eigenvalue weighted by molar-refractivity contribution is 1.24. The van der Waals surface area contributed by atoms with Crippen LogP contribution < -0.4 is 0 Å². The molecule has 0 radical (unpaired) electrons.